The number of esters is 1. The summed E-state index contributed by atoms with van der Waals surface area (Å²) in [7, 11) is 0. The van der Waals surface area contributed by atoms with Crippen molar-refractivity contribution in [1.29, 1.82) is 0 Å². The Labute approximate surface area is 169 Å². The van der Waals surface area contributed by atoms with Gasteiger partial charge in [0.1, 0.15) is 17.6 Å². The number of pyridine rings is 1. The summed E-state index contributed by atoms with van der Waals surface area (Å²) < 4.78 is 20.4. The Kier molecular flexibility index (Phi) is 5.92. The quantitative estimate of drug-likeness (QED) is 0.691. The van der Waals surface area contributed by atoms with Crippen molar-refractivity contribution >= 4 is 39.3 Å². The fourth-order valence-electron chi connectivity index (χ4n) is 2.78. The van der Waals surface area contributed by atoms with Crippen molar-refractivity contribution in [3.05, 3.63) is 74.4 Å². The van der Waals surface area contributed by atoms with Gasteiger partial charge in [0, 0.05) is 21.9 Å². The molecule has 0 aliphatic carbocycles. The molecule has 5 nitrogen and oxygen atoms in total. The summed E-state index contributed by atoms with van der Waals surface area (Å²) in [6.45, 7) is 3.62. The first kappa shape index (κ1) is 19.5. The minimum Gasteiger partial charge on any atom is -0.463 e. The van der Waals surface area contributed by atoms with Crippen molar-refractivity contribution in [2.45, 2.75) is 19.9 Å². The number of carbonyl (C=O) groups is 1. The number of carbonyl (C=O) groups excluding carboxylic acids is 1. The molecule has 0 saturated heterocycles. The van der Waals surface area contributed by atoms with Crippen LogP contribution in [0.5, 0.6) is 0 Å². The SMILES string of the molecule is CCOC(=O)C1=C(C)NC(c2ncccc2Cl)=NC1c1ccc(Br)cc1F. The van der Waals surface area contributed by atoms with E-state index in [4.69, 9.17) is 16.3 Å². The second-order valence-electron chi connectivity index (χ2n) is 5.76. The number of allylic oxidation sites excluding steroid dienone is 1. The average Bonchev–Trinajstić information content (AvgIpc) is 2.61. The van der Waals surface area contributed by atoms with Gasteiger partial charge in [0.05, 0.1) is 17.2 Å². The first-order chi connectivity index (χ1) is 12.9. The number of nitrogens with one attached hydrogen (secondary N) is 1. The van der Waals surface area contributed by atoms with Gasteiger partial charge in [0.2, 0.25) is 0 Å². The predicted octanol–water partition coefficient (Wildman–Crippen LogP) is 4.56. The molecule has 2 heterocycles. The third-order valence-electron chi connectivity index (χ3n) is 3.98. The molecule has 0 saturated carbocycles. The molecule has 1 N–H and O–H groups in total. The molecule has 0 bridgehead atoms. The standard InChI is InChI=1S/C19H16BrClFN3O2/c1-3-27-19(26)15-10(2)24-18(17-13(21)5-4-8-23-17)25-16(15)12-7-6-11(20)9-14(12)22/h4-9,16H,3H2,1-2H3,(H,24,25). The highest BCUT2D eigenvalue weighted by Gasteiger charge is 2.33. The summed E-state index contributed by atoms with van der Waals surface area (Å²) in [5, 5.41) is 3.44. The van der Waals surface area contributed by atoms with E-state index in [-0.39, 0.29) is 17.7 Å². The van der Waals surface area contributed by atoms with Crippen LogP contribution in [0.3, 0.4) is 0 Å². The van der Waals surface area contributed by atoms with E-state index in [2.05, 4.69) is 31.2 Å². The lowest BCUT2D eigenvalue weighted by Gasteiger charge is -2.26. The summed E-state index contributed by atoms with van der Waals surface area (Å²) in [6, 6.07) is 7.12. The number of benzene rings is 1. The fraction of sp³-hybridized carbons (Fsp3) is 0.211. The van der Waals surface area contributed by atoms with Crippen LogP contribution >= 0.6 is 27.5 Å². The van der Waals surface area contributed by atoms with E-state index in [1.165, 1.54) is 6.07 Å². The predicted molar refractivity (Wildman–Crippen MR) is 105 cm³/mol. The molecule has 0 amide bonds. The van der Waals surface area contributed by atoms with Gasteiger partial charge in [-0.05, 0) is 38.1 Å². The van der Waals surface area contributed by atoms with Crippen LogP contribution in [-0.2, 0) is 9.53 Å². The molecule has 0 fully saturated rings. The maximum atomic E-state index is 14.7. The molecular weight excluding hydrogens is 437 g/mol. The number of halogens is 3. The van der Waals surface area contributed by atoms with Crippen LogP contribution in [0.2, 0.25) is 5.02 Å². The lowest BCUT2D eigenvalue weighted by atomic mass is 9.95. The molecule has 0 radical (unpaired) electrons. The van der Waals surface area contributed by atoms with E-state index < -0.39 is 17.8 Å². The molecule has 1 unspecified atom stereocenters. The molecule has 140 valence electrons. The van der Waals surface area contributed by atoms with Crippen LogP contribution in [0, 0.1) is 5.82 Å². The fourth-order valence-corrected chi connectivity index (χ4v) is 3.32. The number of amidine groups is 1. The van der Waals surface area contributed by atoms with Crippen molar-refractivity contribution in [2.75, 3.05) is 6.61 Å². The number of ether oxygens (including phenoxy) is 1. The van der Waals surface area contributed by atoms with Crippen LogP contribution < -0.4 is 5.32 Å². The van der Waals surface area contributed by atoms with Gasteiger partial charge in [-0.2, -0.15) is 0 Å². The van der Waals surface area contributed by atoms with Gasteiger partial charge in [-0.15, -0.1) is 0 Å². The Morgan fingerprint density at radius 3 is 2.85 bits per heavy atom. The lowest BCUT2D eigenvalue weighted by molar-refractivity contribution is -0.138. The van der Waals surface area contributed by atoms with Gasteiger partial charge in [0.15, 0.2) is 5.84 Å². The number of hydrogen-bond donors (Lipinski definition) is 1. The molecule has 1 aliphatic heterocycles. The maximum Gasteiger partial charge on any atom is 0.338 e. The number of nitrogens with zero attached hydrogens (tertiary/aromatic N) is 2. The highest BCUT2D eigenvalue weighted by Crippen LogP contribution is 2.35. The number of aliphatic imine (C=N–C) groups is 1. The van der Waals surface area contributed by atoms with Crippen molar-refractivity contribution in [3.8, 4) is 0 Å². The Hall–Kier alpha value is -2.25. The van der Waals surface area contributed by atoms with Gasteiger partial charge >= 0.3 is 5.97 Å². The van der Waals surface area contributed by atoms with Crippen LogP contribution in [0.4, 0.5) is 4.39 Å². The lowest BCUT2D eigenvalue weighted by Crippen LogP contribution is -2.33. The minimum atomic E-state index is -0.883. The first-order valence-corrected chi connectivity index (χ1v) is 9.38. The van der Waals surface area contributed by atoms with E-state index >= 15 is 0 Å². The second kappa shape index (κ2) is 8.19. The van der Waals surface area contributed by atoms with Crippen LogP contribution in [0.15, 0.2) is 57.3 Å². The molecule has 1 atom stereocenters. The van der Waals surface area contributed by atoms with E-state index in [0.29, 0.717) is 26.7 Å². The van der Waals surface area contributed by atoms with E-state index in [0.717, 1.165) is 0 Å². The van der Waals surface area contributed by atoms with Crippen molar-refractivity contribution in [3.63, 3.8) is 0 Å². The summed E-state index contributed by atoms with van der Waals surface area (Å²) in [5.41, 5.74) is 1.43. The molecule has 0 spiro atoms. The highest BCUT2D eigenvalue weighted by atomic mass is 79.9. The zero-order valence-electron chi connectivity index (χ0n) is 14.6. The molecule has 3 rings (SSSR count). The van der Waals surface area contributed by atoms with Gasteiger partial charge in [0.25, 0.3) is 0 Å². The van der Waals surface area contributed by atoms with Crippen LogP contribution in [0.1, 0.15) is 31.1 Å². The Morgan fingerprint density at radius 1 is 1.41 bits per heavy atom. The molecule has 1 aliphatic rings. The molecule has 8 heteroatoms. The smallest absolute Gasteiger partial charge is 0.338 e. The van der Waals surface area contributed by atoms with E-state index in [1.54, 1.807) is 44.3 Å². The average molecular weight is 453 g/mol. The Bertz CT molecular complexity index is 962. The topological polar surface area (TPSA) is 63.6 Å². The van der Waals surface area contributed by atoms with E-state index in [9.17, 15) is 9.18 Å². The zero-order valence-corrected chi connectivity index (χ0v) is 16.9. The molecule has 2 aromatic rings. The van der Waals surface area contributed by atoms with Crippen LogP contribution in [-0.4, -0.2) is 23.4 Å². The second-order valence-corrected chi connectivity index (χ2v) is 7.09. The summed E-state index contributed by atoms with van der Waals surface area (Å²) >= 11 is 9.47. The number of hydrogen-bond acceptors (Lipinski definition) is 5. The normalized spacial score (nSPS) is 16.6. The molecule has 27 heavy (non-hydrogen) atoms. The monoisotopic (exact) mass is 451 g/mol. The first-order valence-electron chi connectivity index (χ1n) is 8.21. The molecular formula is C19H16BrClFN3O2. The van der Waals surface area contributed by atoms with Crippen molar-refractivity contribution < 1.29 is 13.9 Å². The van der Waals surface area contributed by atoms with Crippen LogP contribution in [0.25, 0.3) is 0 Å². The molecule has 1 aromatic carbocycles. The zero-order chi connectivity index (χ0) is 19.6. The summed E-state index contributed by atoms with van der Waals surface area (Å²) in [5.74, 6) is -0.677. The van der Waals surface area contributed by atoms with E-state index in [1.807, 2.05) is 0 Å². The van der Waals surface area contributed by atoms with Crippen molar-refractivity contribution in [2.24, 2.45) is 4.99 Å². The van der Waals surface area contributed by atoms with Gasteiger partial charge in [-0.25, -0.2) is 9.18 Å². The maximum absolute atomic E-state index is 14.7. The Morgan fingerprint density at radius 2 is 2.19 bits per heavy atom. The van der Waals surface area contributed by atoms with Gasteiger partial charge < -0.3 is 10.1 Å². The summed E-state index contributed by atoms with van der Waals surface area (Å²) in [6.07, 6.45) is 1.58. The van der Waals surface area contributed by atoms with Crippen molar-refractivity contribution in [1.82, 2.24) is 10.3 Å². The minimum absolute atomic E-state index is 0.202. The van der Waals surface area contributed by atoms with Gasteiger partial charge in [-0.3, -0.25) is 9.98 Å². The largest absolute Gasteiger partial charge is 0.463 e. The number of rotatable bonds is 4. The highest BCUT2D eigenvalue weighted by molar-refractivity contribution is 9.10. The summed E-state index contributed by atoms with van der Waals surface area (Å²) in [4.78, 5) is 21.3. The Balaban J connectivity index is 2.15. The van der Waals surface area contributed by atoms with Gasteiger partial charge in [-0.1, -0.05) is 33.6 Å². The third kappa shape index (κ3) is 4.04. The number of aromatic nitrogens is 1. The molecule has 1 aromatic heterocycles. The third-order valence-corrected chi connectivity index (χ3v) is 4.77.